The molecule has 0 unspecified atom stereocenters. The highest BCUT2D eigenvalue weighted by Crippen LogP contribution is 2.35. The highest BCUT2D eigenvalue weighted by molar-refractivity contribution is 5.77. The maximum atomic E-state index is 13.3. The molecule has 24 heavy (non-hydrogen) atoms. The van der Waals surface area contributed by atoms with Crippen LogP contribution in [0.25, 0.3) is 22.3 Å². The third-order valence-electron chi connectivity index (χ3n) is 4.33. The monoisotopic (exact) mass is 320 g/mol. The molecule has 0 fully saturated rings. The largest absolute Gasteiger partial charge is 0.392 e. The van der Waals surface area contributed by atoms with Gasteiger partial charge in [-0.15, -0.1) is 0 Å². The zero-order valence-electron chi connectivity index (χ0n) is 14.0. The second kappa shape index (κ2) is 6.98. The Balaban J connectivity index is 2.25. The highest BCUT2D eigenvalue weighted by Gasteiger charge is 2.15. The van der Waals surface area contributed by atoms with E-state index in [9.17, 15) is 9.50 Å². The van der Waals surface area contributed by atoms with E-state index in [1.54, 1.807) is 12.1 Å². The van der Waals surface area contributed by atoms with E-state index >= 15 is 0 Å². The van der Waals surface area contributed by atoms with Gasteiger partial charge in [-0.2, -0.15) is 0 Å². The van der Waals surface area contributed by atoms with Crippen LogP contribution in [0.5, 0.6) is 0 Å². The molecule has 2 heteroatoms. The lowest BCUT2D eigenvalue weighted by Gasteiger charge is -2.19. The van der Waals surface area contributed by atoms with Gasteiger partial charge in [-0.1, -0.05) is 62.4 Å². The summed E-state index contributed by atoms with van der Waals surface area (Å²) in [4.78, 5) is 0. The average molecular weight is 320 g/mol. The predicted molar refractivity (Wildman–Crippen MR) is 97.3 cm³/mol. The molecule has 3 rings (SSSR count). The van der Waals surface area contributed by atoms with Gasteiger partial charge in [0, 0.05) is 0 Å². The lowest BCUT2D eigenvalue weighted by atomic mass is 9.87. The van der Waals surface area contributed by atoms with Crippen LogP contribution in [0.15, 0.2) is 66.7 Å². The first kappa shape index (κ1) is 16.4. The Labute approximate surface area is 142 Å². The maximum Gasteiger partial charge on any atom is 0.123 e. The fourth-order valence-corrected chi connectivity index (χ4v) is 3.07. The first-order chi connectivity index (χ1) is 11.6. The number of hydrogen-bond donors (Lipinski definition) is 1. The second-order valence-electron chi connectivity index (χ2n) is 6.28. The van der Waals surface area contributed by atoms with Gasteiger partial charge in [0.05, 0.1) is 6.61 Å². The van der Waals surface area contributed by atoms with Gasteiger partial charge < -0.3 is 5.11 Å². The molecular weight excluding hydrogens is 299 g/mol. The van der Waals surface area contributed by atoms with Crippen LogP contribution < -0.4 is 0 Å². The van der Waals surface area contributed by atoms with Gasteiger partial charge in [-0.3, -0.25) is 0 Å². The fraction of sp³-hybridized carbons (Fsp3) is 0.182. The number of benzene rings is 3. The Morgan fingerprint density at radius 3 is 2.08 bits per heavy atom. The van der Waals surface area contributed by atoms with Crippen LogP contribution in [0.1, 0.15) is 30.9 Å². The van der Waals surface area contributed by atoms with E-state index in [0.717, 1.165) is 33.4 Å². The topological polar surface area (TPSA) is 20.2 Å². The molecule has 0 saturated heterocycles. The van der Waals surface area contributed by atoms with Crippen molar-refractivity contribution in [1.29, 1.82) is 0 Å². The minimum Gasteiger partial charge on any atom is -0.392 e. The summed E-state index contributed by atoms with van der Waals surface area (Å²) in [5, 5.41) is 9.95. The van der Waals surface area contributed by atoms with Gasteiger partial charge in [0.15, 0.2) is 0 Å². The molecule has 0 aliphatic heterocycles. The molecule has 0 atom stereocenters. The van der Waals surface area contributed by atoms with Crippen molar-refractivity contribution in [3.63, 3.8) is 0 Å². The molecule has 1 N–H and O–H groups in total. The normalized spacial score (nSPS) is 11.0. The van der Waals surface area contributed by atoms with Crippen LogP contribution >= 0.6 is 0 Å². The third-order valence-corrected chi connectivity index (χ3v) is 4.33. The summed E-state index contributed by atoms with van der Waals surface area (Å²) in [5.41, 5.74) is 6.15. The molecule has 1 nitrogen and oxygen atoms in total. The van der Waals surface area contributed by atoms with Crippen molar-refractivity contribution >= 4 is 0 Å². The van der Waals surface area contributed by atoms with E-state index in [2.05, 4.69) is 38.1 Å². The van der Waals surface area contributed by atoms with E-state index in [4.69, 9.17) is 0 Å². The summed E-state index contributed by atoms with van der Waals surface area (Å²) in [5.74, 6) is 0.0302. The predicted octanol–water partition coefficient (Wildman–Crippen LogP) is 5.78. The van der Waals surface area contributed by atoms with Gasteiger partial charge in [0.25, 0.3) is 0 Å². The Bertz CT molecular complexity index is 821. The molecule has 0 spiro atoms. The van der Waals surface area contributed by atoms with Gasteiger partial charge in [-0.25, -0.2) is 4.39 Å². The molecule has 122 valence electrons. The zero-order chi connectivity index (χ0) is 17.1. The van der Waals surface area contributed by atoms with Crippen LogP contribution in [0.2, 0.25) is 0 Å². The van der Waals surface area contributed by atoms with Crippen LogP contribution in [-0.4, -0.2) is 5.11 Å². The van der Waals surface area contributed by atoms with Gasteiger partial charge in [0.1, 0.15) is 5.82 Å². The first-order valence-electron chi connectivity index (χ1n) is 8.19. The van der Waals surface area contributed by atoms with E-state index in [1.807, 2.05) is 18.2 Å². The highest BCUT2D eigenvalue weighted by atomic mass is 19.1. The molecule has 0 bridgehead atoms. The number of halogens is 1. The van der Waals surface area contributed by atoms with Crippen LogP contribution in [0.3, 0.4) is 0 Å². The van der Waals surface area contributed by atoms with E-state index in [1.165, 1.54) is 12.1 Å². The Kier molecular flexibility index (Phi) is 4.77. The van der Waals surface area contributed by atoms with Gasteiger partial charge >= 0.3 is 0 Å². The molecule has 3 aromatic carbocycles. The van der Waals surface area contributed by atoms with Crippen molar-refractivity contribution < 1.29 is 9.50 Å². The van der Waals surface area contributed by atoms with E-state index in [0.29, 0.717) is 0 Å². The summed E-state index contributed by atoms with van der Waals surface area (Å²) >= 11 is 0. The average Bonchev–Trinajstić information content (AvgIpc) is 2.62. The molecule has 0 amide bonds. The molecule has 0 aromatic heterocycles. The minimum atomic E-state index is -0.257. The number of aliphatic hydroxyl groups is 1. The smallest absolute Gasteiger partial charge is 0.123 e. The molecule has 0 heterocycles. The standard InChI is InChI=1S/C22H21FO/c1-15(2)20-12-18(16-6-4-3-5-7-16)13-21(22(20)14-24)17-8-10-19(23)11-9-17/h3-13,15,24H,14H2,1-2H3. The van der Waals surface area contributed by atoms with Crippen molar-refractivity contribution in [1.82, 2.24) is 0 Å². The lowest BCUT2D eigenvalue weighted by molar-refractivity contribution is 0.280. The summed E-state index contributed by atoms with van der Waals surface area (Å²) < 4.78 is 13.3. The lowest BCUT2D eigenvalue weighted by Crippen LogP contribution is -2.01. The SMILES string of the molecule is CC(C)c1cc(-c2ccccc2)cc(-c2ccc(F)cc2)c1CO. The zero-order valence-corrected chi connectivity index (χ0v) is 14.0. The Morgan fingerprint density at radius 1 is 0.833 bits per heavy atom. The quantitative estimate of drug-likeness (QED) is 0.646. The second-order valence-corrected chi connectivity index (χ2v) is 6.28. The summed E-state index contributed by atoms with van der Waals surface area (Å²) in [6, 6.07) is 20.9. The Morgan fingerprint density at radius 2 is 1.50 bits per heavy atom. The molecule has 0 aliphatic rings. The van der Waals surface area contributed by atoms with Crippen molar-refractivity contribution in [2.45, 2.75) is 26.4 Å². The third kappa shape index (κ3) is 3.24. The van der Waals surface area contributed by atoms with Gasteiger partial charge in [-0.05, 0) is 57.5 Å². The van der Waals surface area contributed by atoms with Gasteiger partial charge in [0.2, 0.25) is 0 Å². The van der Waals surface area contributed by atoms with Crippen molar-refractivity contribution in [3.8, 4) is 22.3 Å². The summed E-state index contributed by atoms with van der Waals surface area (Å²) in [6.07, 6.45) is 0. The van der Waals surface area contributed by atoms with Crippen LogP contribution in [-0.2, 0) is 6.61 Å². The number of hydrogen-bond acceptors (Lipinski definition) is 1. The van der Waals surface area contributed by atoms with Crippen molar-refractivity contribution in [3.05, 3.63) is 83.7 Å². The van der Waals surface area contributed by atoms with E-state index < -0.39 is 0 Å². The molecule has 0 radical (unpaired) electrons. The summed E-state index contributed by atoms with van der Waals surface area (Å²) in [7, 11) is 0. The molecule has 0 saturated carbocycles. The summed E-state index contributed by atoms with van der Waals surface area (Å²) in [6.45, 7) is 4.21. The minimum absolute atomic E-state index is 0.0324. The van der Waals surface area contributed by atoms with E-state index in [-0.39, 0.29) is 18.3 Å². The van der Waals surface area contributed by atoms with Crippen molar-refractivity contribution in [2.75, 3.05) is 0 Å². The molecular formula is C22H21FO. The molecule has 0 aliphatic carbocycles. The first-order valence-corrected chi connectivity index (χ1v) is 8.19. The Hall–Kier alpha value is -2.45. The van der Waals surface area contributed by atoms with Crippen LogP contribution in [0.4, 0.5) is 4.39 Å². The fourth-order valence-electron chi connectivity index (χ4n) is 3.07. The molecule has 3 aromatic rings. The van der Waals surface area contributed by atoms with Crippen molar-refractivity contribution in [2.24, 2.45) is 0 Å². The van der Waals surface area contributed by atoms with Crippen LogP contribution in [0, 0.1) is 5.82 Å². The maximum absolute atomic E-state index is 13.3. The number of rotatable bonds is 4. The number of aliphatic hydroxyl groups excluding tert-OH is 1.